The molecule has 0 unspecified atom stereocenters. The summed E-state index contributed by atoms with van der Waals surface area (Å²) in [5.74, 6) is 0. The molecule has 33 heavy (non-hydrogen) atoms. The Labute approximate surface area is 197 Å². The van der Waals surface area contributed by atoms with Crippen LogP contribution < -0.4 is 15.1 Å². The summed E-state index contributed by atoms with van der Waals surface area (Å²) < 4.78 is 44.5. The normalized spacial score (nSPS) is 20.7. The lowest BCUT2D eigenvalue weighted by Gasteiger charge is -2.37. The fraction of sp³-hybridized carbons (Fsp3) is 0.682. The number of sulfonamides is 1. The summed E-state index contributed by atoms with van der Waals surface area (Å²) in [5.41, 5.74) is 0.373. The van der Waals surface area contributed by atoms with Crippen molar-refractivity contribution >= 4 is 40.1 Å². The Hall–Kier alpha value is -1.98. The van der Waals surface area contributed by atoms with Crippen molar-refractivity contribution < 1.29 is 27.3 Å². The number of hydrogen-bond donors (Lipinski definition) is 1. The molecule has 0 atom stereocenters. The van der Waals surface area contributed by atoms with Gasteiger partial charge in [0.2, 0.25) is 10.0 Å². The maximum absolute atomic E-state index is 12.4. The van der Waals surface area contributed by atoms with Crippen LogP contribution in [0.15, 0.2) is 18.2 Å². The fourth-order valence-electron chi connectivity index (χ4n) is 3.69. The van der Waals surface area contributed by atoms with Gasteiger partial charge in [-0.25, -0.2) is 13.2 Å². The minimum absolute atomic E-state index is 0.340. The molecular formula is C22H36BN3O6S. The molecule has 2 aliphatic rings. The maximum Gasteiger partial charge on any atom is 0.494 e. The van der Waals surface area contributed by atoms with Crippen LogP contribution in [0.4, 0.5) is 16.2 Å². The molecule has 184 valence electrons. The van der Waals surface area contributed by atoms with Crippen molar-refractivity contribution in [1.29, 1.82) is 0 Å². The standard InChI is InChI=1S/C22H36BN3O6S/c1-20(2,3)30-19(27)26-13-11-25(12-14-26)18-10-9-16(15-17(18)24-33(8,28)29)23-31-21(4,5)22(6,7)32-23/h9-10,15,24H,11-14H2,1-8H3. The van der Waals surface area contributed by atoms with E-state index in [4.69, 9.17) is 14.0 Å². The van der Waals surface area contributed by atoms with Gasteiger partial charge in [-0.3, -0.25) is 4.72 Å². The number of amides is 1. The first kappa shape index (κ1) is 25.6. The Morgan fingerprint density at radius 3 is 2.09 bits per heavy atom. The van der Waals surface area contributed by atoms with Gasteiger partial charge in [0.25, 0.3) is 0 Å². The third kappa shape index (κ3) is 6.13. The average Bonchev–Trinajstić information content (AvgIpc) is 2.86. The van der Waals surface area contributed by atoms with Crippen LogP contribution in [0.1, 0.15) is 48.5 Å². The van der Waals surface area contributed by atoms with Crippen LogP contribution in [0.3, 0.4) is 0 Å². The Bertz CT molecular complexity index is 982. The van der Waals surface area contributed by atoms with Crippen LogP contribution in [0.5, 0.6) is 0 Å². The lowest BCUT2D eigenvalue weighted by atomic mass is 9.78. The lowest BCUT2D eigenvalue weighted by molar-refractivity contribution is 0.00578. The van der Waals surface area contributed by atoms with E-state index in [9.17, 15) is 13.2 Å². The van der Waals surface area contributed by atoms with E-state index in [1.807, 2.05) is 60.6 Å². The molecule has 1 N–H and O–H groups in total. The molecule has 2 heterocycles. The second-order valence-corrected chi connectivity index (χ2v) is 12.4. The third-order valence-corrected chi connectivity index (χ3v) is 6.70. The number of nitrogens with one attached hydrogen (secondary N) is 1. The van der Waals surface area contributed by atoms with E-state index in [1.165, 1.54) is 0 Å². The highest BCUT2D eigenvalue weighted by Gasteiger charge is 2.51. The number of rotatable bonds is 4. The molecule has 0 spiro atoms. The number of piperazine rings is 1. The molecule has 2 fully saturated rings. The molecule has 3 rings (SSSR count). The summed E-state index contributed by atoms with van der Waals surface area (Å²) in [4.78, 5) is 16.1. The van der Waals surface area contributed by atoms with Gasteiger partial charge in [0, 0.05) is 26.2 Å². The summed E-state index contributed by atoms with van der Waals surface area (Å²) in [6.07, 6.45) is 0.784. The molecule has 1 amide bonds. The number of carbonyl (C=O) groups is 1. The van der Waals surface area contributed by atoms with Gasteiger partial charge in [0.1, 0.15) is 5.60 Å². The van der Waals surface area contributed by atoms with Crippen molar-refractivity contribution in [3.63, 3.8) is 0 Å². The number of hydrogen-bond acceptors (Lipinski definition) is 7. The summed E-state index contributed by atoms with van der Waals surface area (Å²) >= 11 is 0. The first-order chi connectivity index (χ1) is 15.0. The van der Waals surface area contributed by atoms with Gasteiger partial charge in [-0.2, -0.15) is 0 Å². The van der Waals surface area contributed by atoms with Crippen molar-refractivity contribution in [3.8, 4) is 0 Å². The highest BCUT2D eigenvalue weighted by atomic mass is 32.2. The smallest absolute Gasteiger partial charge is 0.444 e. The van der Waals surface area contributed by atoms with Gasteiger partial charge < -0.3 is 23.8 Å². The van der Waals surface area contributed by atoms with Crippen LogP contribution in [0.2, 0.25) is 0 Å². The molecule has 9 nitrogen and oxygen atoms in total. The van der Waals surface area contributed by atoms with Crippen LogP contribution in [0, 0.1) is 0 Å². The summed E-state index contributed by atoms with van der Waals surface area (Å²) in [5, 5.41) is 0. The zero-order chi connectivity index (χ0) is 24.8. The number of ether oxygens (including phenoxy) is 1. The highest BCUT2D eigenvalue weighted by Crippen LogP contribution is 2.37. The quantitative estimate of drug-likeness (QED) is 0.660. The van der Waals surface area contributed by atoms with Gasteiger partial charge in [-0.05, 0) is 66.1 Å². The number of benzene rings is 1. The van der Waals surface area contributed by atoms with Crippen molar-refractivity contribution in [3.05, 3.63) is 18.2 Å². The third-order valence-electron chi connectivity index (χ3n) is 6.11. The van der Waals surface area contributed by atoms with E-state index in [0.29, 0.717) is 31.9 Å². The molecule has 1 aromatic carbocycles. The number of carbonyl (C=O) groups excluding carboxylic acids is 1. The van der Waals surface area contributed by atoms with Crippen LogP contribution >= 0.6 is 0 Å². The summed E-state index contributed by atoms with van der Waals surface area (Å²) in [6.45, 7) is 15.5. The lowest BCUT2D eigenvalue weighted by Crippen LogP contribution is -2.50. The van der Waals surface area contributed by atoms with Crippen LogP contribution in [0.25, 0.3) is 0 Å². The summed E-state index contributed by atoms with van der Waals surface area (Å²) in [7, 11) is -4.12. The number of nitrogens with zero attached hydrogens (tertiary/aromatic N) is 2. The molecule has 1 aromatic rings. The largest absolute Gasteiger partial charge is 0.494 e. The van der Waals surface area contributed by atoms with Crippen molar-refractivity contribution in [2.24, 2.45) is 0 Å². The van der Waals surface area contributed by atoms with Gasteiger partial charge in [-0.15, -0.1) is 0 Å². The Kier molecular flexibility index (Phi) is 6.73. The van der Waals surface area contributed by atoms with Crippen molar-refractivity contribution in [2.75, 3.05) is 42.1 Å². The molecule has 0 radical (unpaired) electrons. The molecule has 0 aliphatic carbocycles. The Balaban J connectivity index is 1.81. The highest BCUT2D eigenvalue weighted by molar-refractivity contribution is 7.92. The predicted octanol–water partition coefficient (Wildman–Crippen LogP) is 2.41. The minimum atomic E-state index is -3.51. The van der Waals surface area contributed by atoms with Gasteiger partial charge in [-0.1, -0.05) is 6.07 Å². The molecule has 0 saturated carbocycles. The second-order valence-electron chi connectivity index (χ2n) is 10.7. The van der Waals surface area contributed by atoms with E-state index in [0.717, 1.165) is 17.4 Å². The van der Waals surface area contributed by atoms with Gasteiger partial charge in [0.15, 0.2) is 0 Å². The molecule has 11 heteroatoms. The molecular weight excluding hydrogens is 445 g/mol. The topological polar surface area (TPSA) is 97.4 Å². The number of anilines is 2. The SMILES string of the molecule is CC(C)(C)OC(=O)N1CCN(c2ccc(B3OC(C)(C)C(C)(C)O3)cc2NS(C)(=O)=O)CC1. The molecule has 2 aliphatic heterocycles. The zero-order valence-electron chi connectivity index (χ0n) is 20.9. The zero-order valence-corrected chi connectivity index (χ0v) is 21.7. The van der Waals surface area contributed by atoms with Gasteiger partial charge >= 0.3 is 13.2 Å². The Morgan fingerprint density at radius 1 is 1.06 bits per heavy atom. The minimum Gasteiger partial charge on any atom is -0.444 e. The molecule has 0 aromatic heterocycles. The molecule has 0 bridgehead atoms. The van der Waals surface area contributed by atoms with Crippen LogP contribution in [-0.2, 0) is 24.1 Å². The first-order valence-electron chi connectivity index (χ1n) is 11.2. The van der Waals surface area contributed by atoms with Crippen LogP contribution in [-0.4, -0.2) is 75.8 Å². The van der Waals surface area contributed by atoms with Crippen molar-refractivity contribution in [2.45, 2.75) is 65.3 Å². The van der Waals surface area contributed by atoms with E-state index in [2.05, 4.69) is 9.62 Å². The first-order valence-corrected chi connectivity index (χ1v) is 13.1. The van der Waals surface area contributed by atoms with Gasteiger partial charge in [0.05, 0.1) is 28.8 Å². The second kappa shape index (κ2) is 8.67. The van der Waals surface area contributed by atoms with E-state index < -0.39 is 33.9 Å². The molecule has 2 saturated heterocycles. The van der Waals surface area contributed by atoms with E-state index in [1.54, 1.807) is 11.0 Å². The Morgan fingerprint density at radius 2 is 1.61 bits per heavy atom. The predicted molar refractivity (Wildman–Crippen MR) is 131 cm³/mol. The summed E-state index contributed by atoms with van der Waals surface area (Å²) in [6, 6.07) is 5.53. The fourth-order valence-corrected chi connectivity index (χ4v) is 4.26. The maximum atomic E-state index is 12.4. The average molecular weight is 481 g/mol. The van der Waals surface area contributed by atoms with E-state index >= 15 is 0 Å². The van der Waals surface area contributed by atoms with Crippen molar-refractivity contribution in [1.82, 2.24) is 4.90 Å². The monoisotopic (exact) mass is 481 g/mol. The van der Waals surface area contributed by atoms with E-state index in [-0.39, 0.29) is 6.09 Å².